The molecule has 2 rings (SSSR count). The molecule has 2 fully saturated rings. The van der Waals surface area contributed by atoms with Gasteiger partial charge in [0, 0.05) is 19.0 Å². The summed E-state index contributed by atoms with van der Waals surface area (Å²) in [7, 11) is 0. The second-order valence-electron chi connectivity index (χ2n) is 5.51. The van der Waals surface area contributed by atoms with Gasteiger partial charge in [-0.15, -0.1) is 0 Å². The van der Waals surface area contributed by atoms with Crippen molar-refractivity contribution >= 4 is 11.9 Å². The van der Waals surface area contributed by atoms with Gasteiger partial charge in [0.15, 0.2) is 0 Å². The molecule has 0 radical (unpaired) electrons. The van der Waals surface area contributed by atoms with E-state index < -0.39 is 11.4 Å². The quantitative estimate of drug-likeness (QED) is 0.772. The van der Waals surface area contributed by atoms with Gasteiger partial charge in [0.25, 0.3) is 0 Å². The average Bonchev–Trinajstić information content (AvgIpc) is 2.95. The zero-order valence-electron chi connectivity index (χ0n) is 9.90. The summed E-state index contributed by atoms with van der Waals surface area (Å²) in [4.78, 5) is 24.8. The van der Waals surface area contributed by atoms with Crippen LogP contribution in [0.2, 0.25) is 0 Å². The standard InChI is InChI=1S/C12H19NO3/c1-8-7-9(8)10(14)13-5-3-12(2,4-6-13)11(15)16/h8-9H,3-7H2,1-2H3,(H,15,16). The largest absolute Gasteiger partial charge is 0.481 e. The second kappa shape index (κ2) is 3.75. The first-order chi connectivity index (χ1) is 7.44. The van der Waals surface area contributed by atoms with E-state index in [1.165, 1.54) is 0 Å². The van der Waals surface area contributed by atoms with Crippen molar-refractivity contribution in [1.29, 1.82) is 0 Å². The summed E-state index contributed by atoms with van der Waals surface area (Å²) in [6, 6.07) is 0. The maximum absolute atomic E-state index is 11.9. The van der Waals surface area contributed by atoms with Crippen LogP contribution in [-0.4, -0.2) is 35.0 Å². The molecule has 2 aliphatic rings. The molecule has 1 aliphatic heterocycles. The fourth-order valence-corrected chi connectivity index (χ4v) is 2.34. The van der Waals surface area contributed by atoms with Crippen LogP contribution < -0.4 is 0 Å². The highest BCUT2D eigenvalue weighted by atomic mass is 16.4. The Morgan fingerprint density at radius 1 is 1.31 bits per heavy atom. The van der Waals surface area contributed by atoms with Crippen molar-refractivity contribution in [2.75, 3.05) is 13.1 Å². The third-order valence-corrected chi connectivity index (χ3v) is 4.12. The minimum atomic E-state index is -0.737. The van der Waals surface area contributed by atoms with Gasteiger partial charge in [0.2, 0.25) is 5.91 Å². The summed E-state index contributed by atoms with van der Waals surface area (Å²) in [5.74, 6) is 0.244. The summed E-state index contributed by atoms with van der Waals surface area (Å²) in [5.41, 5.74) is -0.633. The van der Waals surface area contributed by atoms with E-state index in [0.29, 0.717) is 31.8 Å². The fraction of sp³-hybridized carbons (Fsp3) is 0.833. The average molecular weight is 225 g/mol. The summed E-state index contributed by atoms with van der Waals surface area (Å²) in [5, 5.41) is 9.08. The lowest BCUT2D eigenvalue weighted by atomic mass is 9.80. The van der Waals surface area contributed by atoms with Crippen LogP contribution in [0, 0.1) is 17.3 Å². The van der Waals surface area contributed by atoms with E-state index in [0.717, 1.165) is 6.42 Å². The van der Waals surface area contributed by atoms with Gasteiger partial charge in [0.05, 0.1) is 5.41 Å². The number of nitrogens with zero attached hydrogens (tertiary/aromatic N) is 1. The molecule has 1 heterocycles. The molecule has 1 saturated carbocycles. The number of carbonyl (C=O) groups is 2. The Morgan fingerprint density at radius 2 is 1.81 bits per heavy atom. The van der Waals surface area contributed by atoms with Crippen LogP contribution in [0.3, 0.4) is 0 Å². The smallest absolute Gasteiger partial charge is 0.309 e. The highest BCUT2D eigenvalue weighted by Gasteiger charge is 2.44. The molecule has 0 aromatic heterocycles. The minimum absolute atomic E-state index is 0.217. The van der Waals surface area contributed by atoms with Crippen molar-refractivity contribution in [2.45, 2.75) is 33.1 Å². The maximum Gasteiger partial charge on any atom is 0.309 e. The molecule has 0 spiro atoms. The van der Waals surface area contributed by atoms with E-state index in [2.05, 4.69) is 6.92 Å². The molecule has 16 heavy (non-hydrogen) atoms. The fourth-order valence-electron chi connectivity index (χ4n) is 2.34. The number of carbonyl (C=O) groups excluding carboxylic acids is 1. The SMILES string of the molecule is CC1CC1C(=O)N1CCC(C)(C(=O)O)CC1. The summed E-state index contributed by atoms with van der Waals surface area (Å²) in [6.07, 6.45) is 2.16. The van der Waals surface area contributed by atoms with Gasteiger partial charge >= 0.3 is 5.97 Å². The van der Waals surface area contributed by atoms with Crippen LogP contribution in [0.25, 0.3) is 0 Å². The van der Waals surface area contributed by atoms with Gasteiger partial charge in [-0.05, 0) is 32.1 Å². The van der Waals surface area contributed by atoms with Crippen LogP contribution in [0.1, 0.15) is 33.1 Å². The molecule has 0 aromatic carbocycles. The molecular formula is C12H19NO3. The van der Waals surface area contributed by atoms with Crippen LogP contribution in [0.15, 0.2) is 0 Å². The molecule has 0 bridgehead atoms. The molecule has 90 valence electrons. The normalized spacial score (nSPS) is 32.2. The van der Waals surface area contributed by atoms with E-state index in [1.54, 1.807) is 6.92 Å². The molecule has 0 aromatic rings. The Balaban J connectivity index is 1.90. The highest BCUT2D eigenvalue weighted by Crippen LogP contribution is 2.40. The molecular weight excluding hydrogens is 206 g/mol. The maximum atomic E-state index is 11.9. The number of carboxylic acid groups (broad SMARTS) is 1. The first-order valence-electron chi connectivity index (χ1n) is 5.96. The molecule has 4 heteroatoms. The Morgan fingerprint density at radius 3 is 2.19 bits per heavy atom. The summed E-state index contributed by atoms with van der Waals surface area (Å²) >= 11 is 0. The van der Waals surface area contributed by atoms with E-state index in [4.69, 9.17) is 5.11 Å². The Labute approximate surface area is 95.6 Å². The summed E-state index contributed by atoms with van der Waals surface area (Å²) in [6.45, 7) is 5.07. The predicted octanol–water partition coefficient (Wildman–Crippen LogP) is 1.36. The van der Waals surface area contributed by atoms with Gasteiger partial charge in [-0.3, -0.25) is 9.59 Å². The number of rotatable bonds is 2. The lowest BCUT2D eigenvalue weighted by molar-refractivity contribution is -0.153. The number of aliphatic carboxylic acids is 1. The Hall–Kier alpha value is -1.06. The molecule has 1 N–H and O–H groups in total. The molecule has 1 saturated heterocycles. The monoisotopic (exact) mass is 225 g/mol. The first-order valence-corrected chi connectivity index (χ1v) is 5.96. The first kappa shape index (κ1) is 11.4. The molecule has 2 unspecified atom stereocenters. The van der Waals surface area contributed by atoms with E-state index in [9.17, 15) is 9.59 Å². The van der Waals surface area contributed by atoms with Crippen LogP contribution in [0.4, 0.5) is 0 Å². The van der Waals surface area contributed by atoms with Gasteiger partial charge in [-0.1, -0.05) is 6.92 Å². The lowest BCUT2D eigenvalue weighted by Crippen LogP contribution is -2.45. The molecule has 1 amide bonds. The summed E-state index contributed by atoms with van der Waals surface area (Å²) < 4.78 is 0. The second-order valence-corrected chi connectivity index (χ2v) is 5.51. The van der Waals surface area contributed by atoms with Crippen molar-refractivity contribution in [2.24, 2.45) is 17.3 Å². The van der Waals surface area contributed by atoms with Crippen molar-refractivity contribution in [3.05, 3.63) is 0 Å². The Kier molecular flexibility index (Phi) is 2.68. The molecule has 1 aliphatic carbocycles. The van der Waals surface area contributed by atoms with Crippen LogP contribution in [0.5, 0.6) is 0 Å². The van der Waals surface area contributed by atoms with Gasteiger partial charge in [-0.2, -0.15) is 0 Å². The predicted molar refractivity (Wildman–Crippen MR) is 58.8 cm³/mol. The van der Waals surface area contributed by atoms with E-state index in [-0.39, 0.29) is 11.8 Å². The Bertz CT molecular complexity index is 318. The molecule has 2 atom stereocenters. The number of likely N-dealkylation sites (tertiary alicyclic amines) is 1. The van der Waals surface area contributed by atoms with Crippen molar-refractivity contribution in [3.63, 3.8) is 0 Å². The zero-order valence-corrected chi connectivity index (χ0v) is 9.90. The van der Waals surface area contributed by atoms with Crippen LogP contribution >= 0.6 is 0 Å². The van der Waals surface area contributed by atoms with Crippen molar-refractivity contribution in [3.8, 4) is 0 Å². The third-order valence-electron chi connectivity index (χ3n) is 4.12. The number of piperidine rings is 1. The number of hydrogen-bond acceptors (Lipinski definition) is 2. The number of amides is 1. The molecule has 4 nitrogen and oxygen atoms in total. The number of carboxylic acids is 1. The van der Waals surface area contributed by atoms with Crippen molar-refractivity contribution < 1.29 is 14.7 Å². The highest BCUT2D eigenvalue weighted by molar-refractivity contribution is 5.82. The van der Waals surface area contributed by atoms with Gasteiger partial charge in [-0.25, -0.2) is 0 Å². The van der Waals surface area contributed by atoms with Crippen molar-refractivity contribution in [1.82, 2.24) is 4.90 Å². The van der Waals surface area contributed by atoms with E-state index in [1.807, 2.05) is 4.90 Å². The minimum Gasteiger partial charge on any atom is -0.481 e. The number of hydrogen-bond donors (Lipinski definition) is 1. The lowest BCUT2D eigenvalue weighted by Gasteiger charge is -2.36. The third kappa shape index (κ3) is 1.93. The van der Waals surface area contributed by atoms with Gasteiger partial charge < -0.3 is 10.0 Å². The van der Waals surface area contributed by atoms with E-state index >= 15 is 0 Å². The van der Waals surface area contributed by atoms with Crippen LogP contribution in [-0.2, 0) is 9.59 Å². The zero-order chi connectivity index (χ0) is 11.9. The van der Waals surface area contributed by atoms with Gasteiger partial charge in [0.1, 0.15) is 0 Å². The topological polar surface area (TPSA) is 57.6 Å².